The maximum absolute atomic E-state index is 11.9. The number of nitrogens with zero attached hydrogens (tertiary/aromatic N) is 2. The number of ether oxygens (including phenoxy) is 2. The summed E-state index contributed by atoms with van der Waals surface area (Å²) in [5.74, 6) is -0.189. The largest absolute Gasteiger partial charge is 0.490 e. The third kappa shape index (κ3) is 6.21. The first kappa shape index (κ1) is 22.7. The standard InChI is InChI=1S/C22H32N2O5/c1-5-29-22(25)21(28-4)14-17-11-12-19(20(13-17)24(26)27)23(15-16(2)3)18-9-7-6-8-10-18/h11-14,16,18H,5-10,15H2,1-4H3. The van der Waals surface area contributed by atoms with E-state index in [1.54, 1.807) is 19.1 Å². The molecule has 1 aliphatic carbocycles. The number of nitro groups is 1. The van der Waals surface area contributed by atoms with E-state index in [1.807, 2.05) is 0 Å². The molecule has 0 radical (unpaired) electrons. The van der Waals surface area contributed by atoms with E-state index < -0.39 is 5.97 Å². The van der Waals surface area contributed by atoms with Crippen LogP contribution in [0.1, 0.15) is 58.4 Å². The van der Waals surface area contributed by atoms with Crippen LogP contribution in [0, 0.1) is 16.0 Å². The minimum Gasteiger partial charge on any atom is -0.490 e. The van der Waals surface area contributed by atoms with Crippen LogP contribution in [0.25, 0.3) is 6.08 Å². The van der Waals surface area contributed by atoms with Crippen LogP contribution in [0.3, 0.4) is 0 Å². The van der Waals surface area contributed by atoms with Gasteiger partial charge in [-0.2, -0.15) is 0 Å². The zero-order valence-corrected chi connectivity index (χ0v) is 17.8. The normalized spacial score (nSPS) is 15.3. The van der Waals surface area contributed by atoms with E-state index in [4.69, 9.17) is 9.47 Å². The molecule has 7 heteroatoms. The van der Waals surface area contributed by atoms with Gasteiger partial charge in [-0.3, -0.25) is 10.1 Å². The zero-order valence-electron chi connectivity index (χ0n) is 17.8. The molecule has 0 aliphatic heterocycles. The van der Waals surface area contributed by atoms with Crippen molar-refractivity contribution in [2.75, 3.05) is 25.2 Å². The average Bonchev–Trinajstić information content (AvgIpc) is 2.70. The third-order valence-corrected chi connectivity index (χ3v) is 5.08. The Kier molecular flexibility index (Phi) is 8.49. The number of carbonyl (C=O) groups is 1. The molecule has 0 N–H and O–H groups in total. The SMILES string of the molecule is CCOC(=O)C(=Cc1ccc(N(CC(C)C)C2CCCCC2)c([N+](=O)[O-])c1)OC. The second-order valence-electron chi connectivity index (χ2n) is 7.78. The van der Waals surface area contributed by atoms with Crippen LogP contribution < -0.4 is 4.90 Å². The van der Waals surface area contributed by atoms with Gasteiger partial charge in [-0.15, -0.1) is 0 Å². The van der Waals surface area contributed by atoms with Crippen molar-refractivity contribution >= 4 is 23.4 Å². The zero-order chi connectivity index (χ0) is 21.4. The second kappa shape index (κ2) is 10.8. The van der Waals surface area contributed by atoms with Crippen molar-refractivity contribution in [1.82, 2.24) is 0 Å². The Hall–Kier alpha value is -2.57. The monoisotopic (exact) mass is 404 g/mol. The number of hydrogen-bond acceptors (Lipinski definition) is 6. The van der Waals surface area contributed by atoms with Gasteiger partial charge in [0.25, 0.3) is 5.69 Å². The van der Waals surface area contributed by atoms with Gasteiger partial charge in [-0.25, -0.2) is 4.79 Å². The van der Waals surface area contributed by atoms with E-state index in [1.165, 1.54) is 25.7 Å². The van der Waals surface area contributed by atoms with Crippen molar-refractivity contribution in [3.05, 3.63) is 39.6 Å². The van der Waals surface area contributed by atoms with Gasteiger partial charge in [0, 0.05) is 18.7 Å². The Morgan fingerprint density at radius 2 is 2.00 bits per heavy atom. The van der Waals surface area contributed by atoms with Gasteiger partial charge in [0.2, 0.25) is 5.76 Å². The fraction of sp³-hybridized carbons (Fsp3) is 0.591. The summed E-state index contributed by atoms with van der Waals surface area (Å²) in [7, 11) is 1.37. The number of methoxy groups -OCH3 is 1. The molecular formula is C22H32N2O5. The first-order valence-electron chi connectivity index (χ1n) is 10.3. The predicted molar refractivity (Wildman–Crippen MR) is 114 cm³/mol. The average molecular weight is 405 g/mol. The molecular weight excluding hydrogens is 372 g/mol. The molecule has 2 rings (SSSR count). The summed E-state index contributed by atoms with van der Waals surface area (Å²) in [4.78, 5) is 25.7. The van der Waals surface area contributed by atoms with Crippen molar-refractivity contribution < 1.29 is 19.2 Å². The van der Waals surface area contributed by atoms with Crippen molar-refractivity contribution in [1.29, 1.82) is 0 Å². The topological polar surface area (TPSA) is 81.9 Å². The highest BCUT2D eigenvalue weighted by atomic mass is 16.6. The van der Waals surface area contributed by atoms with E-state index in [9.17, 15) is 14.9 Å². The van der Waals surface area contributed by atoms with Crippen molar-refractivity contribution in [2.45, 2.75) is 58.9 Å². The maximum atomic E-state index is 11.9. The Morgan fingerprint density at radius 3 is 2.55 bits per heavy atom. The van der Waals surface area contributed by atoms with Crippen molar-refractivity contribution in [3.8, 4) is 0 Å². The van der Waals surface area contributed by atoms with Crippen molar-refractivity contribution in [3.63, 3.8) is 0 Å². The molecule has 1 saturated carbocycles. The lowest BCUT2D eigenvalue weighted by molar-refractivity contribution is -0.384. The van der Waals surface area contributed by atoms with Gasteiger partial charge in [-0.1, -0.05) is 39.2 Å². The van der Waals surface area contributed by atoms with E-state index in [-0.39, 0.29) is 23.0 Å². The van der Waals surface area contributed by atoms with Crippen LogP contribution in [0.5, 0.6) is 0 Å². The fourth-order valence-corrected chi connectivity index (χ4v) is 3.80. The van der Waals surface area contributed by atoms with Gasteiger partial charge >= 0.3 is 5.97 Å². The highest BCUT2D eigenvalue weighted by Gasteiger charge is 2.28. The quantitative estimate of drug-likeness (QED) is 0.191. The number of carbonyl (C=O) groups excluding carboxylic acids is 1. The lowest BCUT2D eigenvalue weighted by atomic mass is 9.92. The van der Waals surface area contributed by atoms with Gasteiger partial charge in [0.05, 0.1) is 18.6 Å². The molecule has 0 amide bonds. The molecule has 0 saturated heterocycles. The highest BCUT2D eigenvalue weighted by molar-refractivity contribution is 5.91. The number of hydrogen-bond donors (Lipinski definition) is 0. The Bertz CT molecular complexity index is 739. The van der Waals surface area contributed by atoms with E-state index in [2.05, 4.69) is 18.7 Å². The Labute approximate surface area is 172 Å². The molecule has 29 heavy (non-hydrogen) atoms. The van der Waals surface area contributed by atoms with E-state index >= 15 is 0 Å². The van der Waals surface area contributed by atoms with Gasteiger partial charge in [-0.05, 0) is 43.4 Å². The number of anilines is 1. The summed E-state index contributed by atoms with van der Waals surface area (Å²) in [6.45, 7) is 6.96. The molecule has 160 valence electrons. The molecule has 1 aromatic carbocycles. The van der Waals surface area contributed by atoms with Gasteiger partial charge in [0.1, 0.15) is 5.69 Å². The van der Waals surface area contributed by atoms with Gasteiger partial charge < -0.3 is 14.4 Å². The van der Waals surface area contributed by atoms with Crippen LogP contribution in [-0.4, -0.2) is 37.2 Å². The molecule has 1 fully saturated rings. The van der Waals surface area contributed by atoms with Crippen LogP contribution in [0.4, 0.5) is 11.4 Å². The summed E-state index contributed by atoms with van der Waals surface area (Å²) >= 11 is 0. The van der Waals surface area contributed by atoms with Crippen LogP contribution in [0.2, 0.25) is 0 Å². The second-order valence-corrected chi connectivity index (χ2v) is 7.78. The summed E-state index contributed by atoms with van der Waals surface area (Å²) < 4.78 is 10.1. The molecule has 0 heterocycles. The minimum absolute atomic E-state index is 0.0141. The fourth-order valence-electron chi connectivity index (χ4n) is 3.80. The highest BCUT2D eigenvalue weighted by Crippen LogP contribution is 2.35. The first-order valence-corrected chi connectivity index (χ1v) is 10.3. The van der Waals surface area contributed by atoms with Gasteiger partial charge in [0.15, 0.2) is 0 Å². The summed E-state index contributed by atoms with van der Waals surface area (Å²) in [6, 6.07) is 5.40. The molecule has 0 spiro atoms. The van der Waals surface area contributed by atoms with E-state index in [0.717, 1.165) is 32.2 Å². The van der Waals surface area contributed by atoms with Crippen LogP contribution in [0.15, 0.2) is 24.0 Å². The molecule has 7 nitrogen and oxygen atoms in total. The molecule has 0 aromatic heterocycles. The molecule has 0 unspecified atom stereocenters. The number of nitro benzene ring substituents is 1. The molecule has 0 atom stereocenters. The molecule has 0 bridgehead atoms. The smallest absolute Gasteiger partial charge is 0.373 e. The van der Waals surface area contributed by atoms with Crippen LogP contribution >= 0.6 is 0 Å². The van der Waals surface area contributed by atoms with Crippen molar-refractivity contribution in [2.24, 2.45) is 5.92 Å². The lowest BCUT2D eigenvalue weighted by Crippen LogP contribution is -2.39. The molecule has 1 aliphatic rings. The Balaban J connectivity index is 2.43. The first-order chi connectivity index (χ1) is 13.9. The van der Waals surface area contributed by atoms with E-state index in [0.29, 0.717) is 23.2 Å². The summed E-state index contributed by atoms with van der Waals surface area (Å²) in [6.07, 6.45) is 7.13. The maximum Gasteiger partial charge on any atom is 0.373 e. The Morgan fingerprint density at radius 1 is 1.31 bits per heavy atom. The minimum atomic E-state index is -0.592. The lowest BCUT2D eigenvalue weighted by Gasteiger charge is -2.37. The summed E-state index contributed by atoms with van der Waals surface area (Å²) in [5, 5.41) is 11.9. The number of esters is 1. The summed E-state index contributed by atoms with van der Waals surface area (Å²) in [5.41, 5.74) is 1.21. The molecule has 1 aromatic rings. The number of rotatable bonds is 9. The predicted octanol–water partition coefficient (Wildman–Crippen LogP) is 4.94. The number of benzene rings is 1. The third-order valence-electron chi connectivity index (χ3n) is 5.08. The van der Waals surface area contributed by atoms with Crippen LogP contribution in [-0.2, 0) is 14.3 Å².